The number of hydrogen-bond acceptors (Lipinski definition) is 4. The van der Waals surface area contributed by atoms with Crippen molar-refractivity contribution in [3.05, 3.63) is 22.8 Å². The molecule has 0 saturated carbocycles. The number of nitrogens with zero attached hydrogens (tertiary/aromatic N) is 1. The van der Waals surface area contributed by atoms with Crippen LogP contribution in [0, 0.1) is 0 Å². The van der Waals surface area contributed by atoms with Crippen LogP contribution in [0.25, 0.3) is 0 Å². The van der Waals surface area contributed by atoms with Gasteiger partial charge >= 0.3 is 6.18 Å². The molecular weight excluding hydrogens is 416 g/mol. The van der Waals surface area contributed by atoms with E-state index in [9.17, 15) is 18.0 Å². The smallest absolute Gasteiger partial charge is 0.368 e. The molecule has 0 aliphatic carbocycles. The monoisotopic (exact) mass is 438 g/mol. The van der Waals surface area contributed by atoms with Crippen molar-refractivity contribution in [1.29, 1.82) is 0 Å². The first-order chi connectivity index (χ1) is 11.2. The third-order valence-corrected chi connectivity index (χ3v) is 4.25. The van der Waals surface area contributed by atoms with E-state index in [-0.39, 0.29) is 54.5 Å². The van der Waals surface area contributed by atoms with E-state index in [1.165, 1.54) is 0 Å². The lowest BCUT2D eigenvalue weighted by molar-refractivity contribution is -0.137. The van der Waals surface area contributed by atoms with Crippen LogP contribution in [-0.4, -0.2) is 29.5 Å². The molecule has 1 amide bonds. The standard InChI is InChI=1S/C15H22ClF3N4O.2ClH/c1-3-14(4-2,9-20)23-12(24)5-6-21-13-11(16)7-10(8-22-13)15(17,18)19;;/h7-8H,3-6,9,20H2,1-2H3,(H,21,22)(H,23,24);2*1H. The largest absolute Gasteiger partial charge is 0.417 e. The summed E-state index contributed by atoms with van der Waals surface area (Å²) in [5.41, 5.74) is 4.37. The highest BCUT2D eigenvalue weighted by Crippen LogP contribution is 2.32. The Morgan fingerprint density at radius 2 is 1.85 bits per heavy atom. The van der Waals surface area contributed by atoms with E-state index in [0.717, 1.165) is 6.07 Å². The van der Waals surface area contributed by atoms with Gasteiger partial charge in [-0.1, -0.05) is 25.4 Å². The Morgan fingerprint density at radius 3 is 2.27 bits per heavy atom. The molecule has 26 heavy (non-hydrogen) atoms. The molecule has 0 aromatic carbocycles. The Kier molecular flexibility index (Phi) is 12.3. The van der Waals surface area contributed by atoms with Gasteiger partial charge < -0.3 is 16.4 Å². The van der Waals surface area contributed by atoms with Gasteiger partial charge in [0.05, 0.1) is 16.1 Å². The summed E-state index contributed by atoms with van der Waals surface area (Å²) in [6.07, 6.45) is -2.25. The van der Waals surface area contributed by atoms with Crippen molar-refractivity contribution in [2.75, 3.05) is 18.4 Å². The highest BCUT2D eigenvalue weighted by molar-refractivity contribution is 6.32. The summed E-state index contributed by atoms with van der Waals surface area (Å²) in [5, 5.41) is 5.51. The van der Waals surface area contributed by atoms with Crippen molar-refractivity contribution in [3.63, 3.8) is 0 Å². The minimum atomic E-state index is -4.50. The topological polar surface area (TPSA) is 80.0 Å². The van der Waals surface area contributed by atoms with Gasteiger partial charge in [0.15, 0.2) is 0 Å². The van der Waals surface area contributed by atoms with E-state index in [0.29, 0.717) is 25.6 Å². The quantitative estimate of drug-likeness (QED) is 0.571. The highest BCUT2D eigenvalue weighted by Gasteiger charge is 2.31. The fourth-order valence-electron chi connectivity index (χ4n) is 2.14. The van der Waals surface area contributed by atoms with Crippen molar-refractivity contribution < 1.29 is 18.0 Å². The van der Waals surface area contributed by atoms with E-state index in [1.54, 1.807) is 0 Å². The number of halogens is 6. The highest BCUT2D eigenvalue weighted by atomic mass is 35.5. The molecule has 5 nitrogen and oxygen atoms in total. The molecule has 0 spiro atoms. The first-order valence-electron chi connectivity index (χ1n) is 7.65. The average Bonchev–Trinajstić information content (AvgIpc) is 2.53. The van der Waals surface area contributed by atoms with Gasteiger partial charge in [-0.25, -0.2) is 4.98 Å². The number of hydrogen-bond donors (Lipinski definition) is 3. The molecule has 11 heteroatoms. The van der Waals surface area contributed by atoms with E-state index >= 15 is 0 Å². The summed E-state index contributed by atoms with van der Waals surface area (Å²) in [6, 6.07) is 0.796. The molecule has 1 aromatic rings. The van der Waals surface area contributed by atoms with Crippen LogP contribution in [0.4, 0.5) is 19.0 Å². The number of pyridine rings is 1. The zero-order valence-electron chi connectivity index (χ0n) is 14.5. The number of rotatable bonds is 8. The second-order valence-electron chi connectivity index (χ2n) is 5.47. The van der Waals surface area contributed by atoms with Gasteiger partial charge in [-0.3, -0.25) is 4.79 Å². The molecule has 0 radical (unpaired) electrons. The maximum Gasteiger partial charge on any atom is 0.417 e. The maximum absolute atomic E-state index is 12.5. The van der Waals surface area contributed by atoms with Crippen LogP contribution in [0.3, 0.4) is 0 Å². The van der Waals surface area contributed by atoms with Crippen LogP contribution in [0.2, 0.25) is 5.02 Å². The third kappa shape index (κ3) is 7.73. The van der Waals surface area contributed by atoms with Crippen molar-refractivity contribution in [2.24, 2.45) is 5.73 Å². The number of anilines is 1. The zero-order valence-corrected chi connectivity index (χ0v) is 16.8. The molecule has 0 aliphatic rings. The Bertz CT molecular complexity index is 561. The predicted octanol–water partition coefficient (Wildman–Crippen LogP) is 4.03. The number of carbonyl (C=O) groups is 1. The lowest BCUT2D eigenvalue weighted by Crippen LogP contribution is -2.53. The predicted molar refractivity (Wildman–Crippen MR) is 102 cm³/mol. The van der Waals surface area contributed by atoms with Crippen LogP contribution in [0.5, 0.6) is 0 Å². The molecule has 1 heterocycles. The third-order valence-electron chi connectivity index (χ3n) is 3.96. The van der Waals surface area contributed by atoms with Crippen molar-refractivity contribution in [3.8, 4) is 0 Å². The SMILES string of the molecule is CCC(CC)(CN)NC(=O)CCNc1ncc(C(F)(F)F)cc1Cl.Cl.Cl. The number of aromatic nitrogens is 1. The van der Waals surface area contributed by atoms with E-state index in [1.807, 2.05) is 13.8 Å². The van der Waals surface area contributed by atoms with E-state index in [2.05, 4.69) is 15.6 Å². The molecule has 0 fully saturated rings. The summed E-state index contributed by atoms with van der Waals surface area (Å²) in [6.45, 7) is 4.42. The first-order valence-corrected chi connectivity index (χ1v) is 8.03. The van der Waals surface area contributed by atoms with Crippen LogP contribution in [-0.2, 0) is 11.0 Å². The average molecular weight is 440 g/mol. The van der Waals surface area contributed by atoms with Crippen LogP contribution >= 0.6 is 36.4 Å². The summed E-state index contributed by atoms with van der Waals surface area (Å²) < 4.78 is 37.6. The molecule has 152 valence electrons. The second kappa shape index (κ2) is 11.7. The lowest BCUT2D eigenvalue weighted by Gasteiger charge is -2.31. The van der Waals surface area contributed by atoms with Crippen molar-refractivity contribution in [1.82, 2.24) is 10.3 Å². The van der Waals surface area contributed by atoms with E-state index < -0.39 is 17.3 Å². The van der Waals surface area contributed by atoms with Gasteiger partial charge in [0.1, 0.15) is 5.82 Å². The normalized spacial score (nSPS) is 11.2. The molecule has 0 aliphatic heterocycles. The molecule has 1 aromatic heterocycles. The molecule has 0 unspecified atom stereocenters. The molecule has 0 atom stereocenters. The summed E-state index contributed by atoms with van der Waals surface area (Å²) in [5.74, 6) is -0.0896. The Hall–Kier alpha value is -0.960. The summed E-state index contributed by atoms with van der Waals surface area (Å²) >= 11 is 5.78. The Morgan fingerprint density at radius 1 is 1.27 bits per heavy atom. The summed E-state index contributed by atoms with van der Waals surface area (Å²) in [7, 11) is 0. The molecule has 0 saturated heterocycles. The fourth-order valence-corrected chi connectivity index (χ4v) is 2.38. The molecule has 0 bridgehead atoms. The number of nitrogens with two attached hydrogens (primary N) is 1. The van der Waals surface area contributed by atoms with Crippen LogP contribution in [0.15, 0.2) is 12.3 Å². The van der Waals surface area contributed by atoms with Gasteiger partial charge in [0.2, 0.25) is 5.91 Å². The zero-order chi connectivity index (χ0) is 18.4. The summed E-state index contributed by atoms with van der Waals surface area (Å²) in [4.78, 5) is 15.6. The number of nitrogens with one attached hydrogen (secondary N) is 2. The van der Waals surface area contributed by atoms with E-state index in [4.69, 9.17) is 17.3 Å². The molecular formula is C15H24Cl3F3N4O. The number of amides is 1. The van der Waals surface area contributed by atoms with Gasteiger partial charge in [-0.05, 0) is 18.9 Å². The van der Waals surface area contributed by atoms with Crippen LogP contribution in [0.1, 0.15) is 38.7 Å². The van der Waals surface area contributed by atoms with Crippen LogP contribution < -0.4 is 16.4 Å². The Balaban J connectivity index is 0. The van der Waals surface area contributed by atoms with Gasteiger partial charge in [0, 0.05) is 25.7 Å². The second-order valence-corrected chi connectivity index (χ2v) is 5.88. The first kappa shape index (κ1) is 27.3. The van der Waals surface area contributed by atoms with Crippen molar-refractivity contribution >= 4 is 48.1 Å². The minimum Gasteiger partial charge on any atom is -0.368 e. The Labute approximate surface area is 168 Å². The molecule has 1 rings (SSSR count). The van der Waals surface area contributed by atoms with Crippen molar-refractivity contribution in [2.45, 2.75) is 44.8 Å². The molecule has 4 N–H and O–H groups in total. The number of carbonyl (C=O) groups excluding carboxylic acids is 1. The fraction of sp³-hybridized carbons (Fsp3) is 0.600. The van der Waals surface area contributed by atoms with Gasteiger partial charge in [-0.2, -0.15) is 13.2 Å². The maximum atomic E-state index is 12.5. The van der Waals surface area contributed by atoms with Gasteiger partial charge in [0.25, 0.3) is 0 Å². The van der Waals surface area contributed by atoms with Gasteiger partial charge in [-0.15, -0.1) is 24.8 Å². The minimum absolute atomic E-state index is 0. The lowest BCUT2D eigenvalue weighted by atomic mass is 9.93. The number of alkyl halides is 3.